The van der Waals surface area contributed by atoms with Gasteiger partial charge in [0.25, 0.3) is 0 Å². The second-order valence-corrected chi connectivity index (χ2v) is 10.7. The van der Waals surface area contributed by atoms with Crippen molar-refractivity contribution in [3.05, 3.63) is 58.6 Å². The lowest BCUT2D eigenvalue weighted by Gasteiger charge is -2.31. The maximum Gasteiger partial charge on any atom is 0.244 e. The summed E-state index contributed by atoms with van der Waals surface area (Å²) < 4.78 is 32.5. The molecule has 0 aliphatic heterocycles. The minimum Gasteiger partial charge on any atom is -0.495 e. The van der Waals surface area contributed by atoms with Gasteiger partial charge in [0, 0.05) is 17.6 Å². The summed E-state index contributed by atoms with van der Waals surface area (Å²) in [5.41, 5.74) is 1.07. The van der Waals surface area contributed by atoms with E-state index in [-0.39, 0.29) is 18.1 Å². The van der Waals surface area contributed by atoms with Crippen molar-refractivity contribution in [2.45, 2.75) is 39.3 Å². The van der Waals surface area contributed by atoms with Crippen LogP contribution in [0.25, 0.3) is 0 Å². The molecule has 0 heterocycles. The molecule has 186 valence electrons. The van der Waals surface area contributed by atoms with Gasteiger partial charge in [0.2, 0.25) is 21.8 Å². The third-order valence-corrected chi connectivity index (χ3v) is 6.95. The van der Waals surface area contributed by atoms with E-state index < -0.39 is 28.5 Å². The molecule has 2 aromatic rings. The fourth-order valence-electron chi connectivity index (χ4n) is 3.34. The highest BCUT2D eigenvalue weighted by Crippen LogP contribution is 2.29. The van der Waals surface area contributed by atoms with E-state index in [2.05, 4.69) is 21.2 Å². The van der Waals surface area contributed by atoms with Crippen LogP contribution in [0.5, 0.6) is 5.75 Å². The monoisotopic (exact) mass is 553 g/mol. The van der Waals surface area contributed by atoms with Gasteiger partial charge >= 0.3 is 0 Å². The Balaban J connectivity index is 2.37. The zero-order chi connectivity index (χ0) is 25.3. The minimum absolute atomic E-state index is 0.151. The number of nitrogens with one attached hydrogen (secondary N) is 1. The van der Waals surface area contributed by atoms with Crippen LogP contribution < -0.4 is 14.4 Å². The number of halogens is 1. The Kier molecular flexibility index (Phi) is 10.4. The van der Waals surface area contributed by atoms with E-state index in [1.165, 1.54) is 12.0 Å². The van der Waals surface area contributed by atoms with E-state index in [0.717, 1.165) is 33.4 Å². The molecule has 2 rings (SSSR count). The number of methoxy groups -OCH3 is 1. The van der Waals surface area contributed by atoms with E-state index in [0.29, 0.717) is 12.3 Å². The van der Waals surface area contributed by atoms with Crippen molar-refractivity contribution in [2.75, 3.05) is 30.8 Å². The molecule has 0 aliphatic rings. The summed E-state index contributed by atoms with van der Waals surface area (Å²) in [6.45, 7) is 3.86. The average molecular weight is 555 g/mol. The molecule has 0 aliphatic carbocycles. The van der Waals surface area contributed by atoms with E-state index in [4.69, 9.17) is 4.74 Å². The van der Waals surface area contributed by atoms with Gasteiger partial charge in [0.1, 0.15) is 18.3 Å². The number of anilines is 1. The van der Waals surface area contributed by atoms with Crippen LogP contribution in [0.3, 0.4) is 0 Å². The predicted octanol–water partition coefficient (Wildman–Crippen LogP) is 3.56. The number of rotatable bonds is 12. The lowest BCUT2D eigenvalue weighted by molar-refractivity contribution is -0.139. The number of ether oxygens (including phenoxy) is 1. The molecule has 0 spiro atoms. The highest BCUT2D eigenvalue weighted by Gasteiger charge is 2.31. The summed E-state index contributed by atoms with van der Waals surface area (Å²) in [6, 6.07) is 13.2. The number of para-hydroxylation sites is 2. The molecule has 8 nitrogen and oxygen atoms in total. The van der Waals surface area contributed by atoms with Crippen LogP contribution in [0.15, 0.2) is 53.0 Å². The topological polar surface area (TPSA) is 96.0 Å². The number of benzene rings is 2. The quantitative estimate of drug-likeness (QED) is 0.405. The van der Waals surface area contributed by atoms with Crippen LogP contribution in [0.4, 0.5) is 5.69 Å². The molecule has 2 aromatic carbocycles. The third-order valence-electron chi connectivity index (χ3n) is 5.30. The number of hydrogen-bond donors (Lipinski definition) is 1. The van der Waals surface area contributed by atoms with Crippen molar-refractivity contribution in [2.24, 2.45) is 0 Å². The lowest BCUT2D eigenvalue weighted by Crippen LogP contribution is -2.51. The van der Waals surface area contributed by atoms with E-state index in [9.17, 15) is 18.0 Å². The van der Waals surface area contributed by atoms with Gasteiger partial charge in [-0.15, -0.1) is 0 Å². The first-order valence-electron chi connectivity index (χ1n) is 11.0. The number of carbonyl (C=O) groups is 2. The van der Waals surface area contributed by atoms with Crippen LogP contribution >= 0.6 is 15.9 Å². The Morgan fingerprint density at radius 2 is 1.76 bits per heavy atom. The maximum atomic E-state index is 13.5. The average Bonchev–Trinajstić information content (AvgIpc) is 2.81. The highest BCUT2D eigenvalue weighted by atomic mass is 79.9. The van der Waals surface area contributed by atoms with E-state index in [1.54, 1.807) is 31.2 Å². The van der Waals surface area contributed by atoms with Crippen molar-refractivity contribution in [3.63, 3.8) is 0 Å². The van der Waals surface area contributed by atoms with Gasteiger partial charge in [-0.05, 0) is 43.2 Å². The Hall–Kier alpha value is -2.59. The molecule has 0 saturated heterocycles. The SMILES string of the molecule is CCCCNC(=O)C(C)N(Cc1ccc(Br)cc1)C(=O)CN(c1ccccc1OC)S(C)(=O)=O. The molecule has 0 radical (unpaired) electrons. The molecule has 2 amide bonds. The van der Waals surface area contributed by atoms with Crippen LogP contribution in [0, 0.1) is 0 Å². The lowest BCUT2D eigenvalue weighted by atomic mass is 10.1. The van der Waals surface area contributed by atoms with Gasteiger partial charge in [-0.2, -0.15) is 0 Å². The van der Waals surface area contributed by atoms with Gasteiger partial charge in [-0.3, -0.25) is 13.9 Å². The summed E-state index contributed by atoms with van der Waals surface area (Å²) in [5.74, 6) is -0.468. The fraction of sp³-hybridized carbons (Fsp3) is 0.417. The number of unbranched alkanes of at least 4 members (excludes halogenated alkanes) is 1. The molecular weight excluding hydrogens is 522 g/mol. The molecule has 0 bridgehead atoms. The second-order valence-electron chi connectivity index (χ2n) is 7.91. The number of carbonyl (C=O) groups excluding carboxylic acids is 2. The first-order valence-corrected chi connectivity index (χ1v) is 13.6. The first-order chi connectivity index (χ1) is 16.1. The fourth-order valence-corrected chi connectivity index (χ4v) is 4.45. The predicted molar refractivity (Wildman–Crippen MR) is 137 cm³/mol. The zero-order valence-corrected chi connectivity index (χ0v) is 22.4. The first kappa shape index (κ1) is 27.7. The largest absolute Gasteiger partial charge is 0.495 e. The summed E-state index contributed by atoms with van der Waals surface area (Å²) in [6.07, 6.45) is 2.79. The van der Waals surface area contributed by atoms with Crippen molar-refractivity contribution < 1.29 is 22.7 Å². The van der Waals surface area contributed by atoms with E-state index in [1.807, 2.05) is 31.2 Å². The van der Waals surface area contributed by atoms with E-state index >= 15 is 0 Å². The van der Waals surface area contributed by atoms with Crippen LogP contribution in [0.2, 0.25) is 0 Å². The number of hydrogen-bond acceptors (Lipinski definition) is 5. The van der Waals surface area contributed by atoms with Crippen molar-refractivity contribution in [1.82, 2.24) is 10.2 Å². The number of nitrogens with zero attached hydrogens (tertiary/aromatic N) is 2. The molecule has 0 saturated carbocycles. The van der Waals surface area contributed by atoms with Gasteiger partial charge in [0.15, 0.2) is 0 Å². The van der Waals surface area contributed by atoms with Crippen molar-refractivity contribution >= 4 is 43.5 Å². The molecule has 0 fully saturated rings. The van der Waals surface area contributed by atoms with Crippen LogP contribution in [-0.4, -0.2) is 57.6 Å². The van der Waals surface area contributed by atoms with Crippen molar-refractivity contribution in [3.8, 4) is 5.75 Å². The molecule has 10 heteroatoms. The molecule has 1 unspecified atom stereocenters. The zero-order valence-electron chi connectivity index (χ0n) is 20.0. The van der Waals surface area contributed by atoms with Gasteiger partial charge in [0.05, 0.1) is 19.1 Å². The highest BCUT2D eigenvalue weighted by molar-refractivity contribution is 9.10. The second kappa shape index (κ2) is 12.8. The van der Waals surface area contributed by atoms with Crippen LogP contribution in [-0.2, 0) is 26.2 Å². The van der Waals surface area contributed by atoms with Crippen LogP contribution in [0.1, 0.15) is 32.3 Å². The summed E-state index contributed by atoms with van der Waals surface area (Å²) in [5, 5.41) is 2.85. The van der Waals surface area contributed by atoms with Gasteiger partial charge in [-0.1, -0.05) is 53.5 Å². The molecule has 34 heavy (non-hydrogen) atoms. The number of sulfonamides is 1. The van der Waals surface area contributed by atoms with Gasteiger partial charge in [-0.25, -0.2) is 8.42 Å². The summed E-state index contributed by atoms with van der Waals surface area (Å²) in [4.78, 5) is 27.7. The Labute approximate surface area is 210 Å². The normalized spacial score (nSPS) is 12.0. The Bertz CT molecular complexity index is 1080. The number of amides is 2. The minimum atomic E-state index is -3.82. The maximum absolute atomic E-state index is 13.5. The Morgan fingerprint density at radius 3 is 2.35 bits per heavy atom. The molecule has 1 atom stereocenters. The standard InChI is InChI=1S/C24H32BrN3O5S/c1-5-6-15-26-24(30)18(2)27(16-19-11-13-20(25)14-12-19)23(29)17-28(34(4,31)32)21-9-7-8-10-22(21)33-3/h7-14,18H,5-6,15-17H2,1-4H3,(H,26,30). The smallest absolute Gasteiger partial charge is 0.244 e. The summed E-state index contributed by atoms with van der Waals surface area (Å²) in [7, 11) is -2.39. The third kappa shape index (κ3) is 7.73. The molecule has 0 aromatic heterocycles. The Morgan fingerprint density at radius 1 is 1.12 bits per heavy atom. The van der Waals surface area contributed by atoms with Gasteiger partial charge < -0.3 is 15.0 Å². The molecular formula is C24H32BrN3O5S. The molecule has 1 N–H and O–H groups in total. The van der Waals surface area contributed by atoms with Crippen molar-refractivity contribution in [1.29, 1.82) is 0 Å². The summed E-state index contributed by atoms with van der Waals surface area (Å²) >= 11 is 3.39.